The fourth-order valence-electron chi connectivity index (χ4n) is 2.67. The summed E-state index contributed by atoms with van der Waals surface area (Å²) in [6.07, 6.45) is 3.92. The Kier molecular flexibility index (Phi) is 7.80. The first-order valence-electron chi connectivity index (χ1n) is 8.63. The van der Waals surface area contributed by atoms with Crippen LogP contribution in [0.1, 0.15) is 53.4 Å². The summed E-state index contributed by atoms with van der Waals surface area (Å²) in [5.41, 5.74) is 0.357. The van der Waals surface area contributed by atoms with Gasteiger partial charge in [-0.1, -0.05) is 20.8 Å². The maximum absolute atomic E-state index is 11.9. The monoisotopic (exact) mass is 346 g/mol. The zero-order chi connectivity index (χ0) is 17.5. The van der Waals surface area contributed by atoms with E-state index in [2.05, 4.69) is 36.4 Å². The minimum Gasteiger partial charge on any atom is -0.356 e. The summed E-state index contributed by atoms with van der Waals surface area (Å²) in [6.45, 7) is 10.5. The van der Waals surface area contributed by atoms with Crippen molar-refractivity contribution in [1.82, 2.24) is 14.9 Å². The molecule has 0 aliphatic carbocycles. The van der Waals surface area contributed by atoms with Gasteiger partial charge in [0.25, 0.3) is 0 Å². The molecular formula is C16H34N4O2S. The molecule has 1 saturated heterocycles. The molecule has 0 bridgehead atoms. The number of hydrogen-bond donors (Lipinski definition) is 2. The lowest BCUT2D eigenvalue weighted by atomic mass is 9.91. The highest BCUT2D eigenvalue weighted by molar-refractivity contribution is 7.89. The van der Waals surface area contributed by atoms with Crippen molar-refractivity contribution >= 4 is 16.0 Å². The summed E-state index contributed by atoms with van der Waals surface area (Å²) < 4.78 is 25.3. The van der Waals surface area contributed by atoms with Crippen molar-refractivity contribution in [2.24, 2.45) is 10.4 Å². The lowest BCUT2D eigenvalue weighted by Crippen LogP contribution is -2.50. The highest BCUT2D eigenvalue weighted by atomic mass is 32.2. The molecule has 1 fully saturated rings. The largest absolute Gasteiger partial charge is 0.356 e. The molecule has 1 heterocycles. The molecule has 7 heteroatoms. The van der Waals surface area contributed by atoms with Gasteiger partial charge in [0.15, 0.2) is 5.96 Å². The van der Waals surface area contributed by atoms with Crippen LogP contribution in [0, 0.1) is 5.41 Å². The zero-order valence-electron chi connectivity index (χ0n) is 15.4. The molecule has 0 aromatic rings. The van der Waals surface area contributed by atoms with Crippen molar-refractivity contribution in [3.8, 4) is 0 Å². The number of nitrogens with one attached hydrogen (secondary N) is 2. The van der Waals surface area contributed by atoms with E-state index in [-0.39, 0.29) is 11.8 Å². The minimum absolute atomic E-state index is 0.183. The molecule has 1 aliphatic heterocycles. The first kappa shape index (κ1) is 20.2. The zero-order valence-corrected chi connectivity index (χ0v) is 16.2. The average Bonchev–Trinajstić information content (AvgIpc) is 2.49. The van der Waals surface area contributed by atoms with Gasteiger partial charge in [0, 0.05) is 32.7 Å². The van der Waals surface area contributed by atoms with Gasteiger partial charge in [0.05, 0.1) is 5.75 Å². The highest BCUT2D eigenvalue weighted by Gasteiger charge is 2.26. The number of nitrogens with zero attached hydrogens (tertiary/aromatic N) is 2. The van der Waals surface area contributed by atoms with E-state index in [1.54, 1.807) is 18.3 Å². The van der Waals surface area contributed by atoms with E-state index in [1.807, 2.05) is 0 Å². The van der Waals surface area contributed by atoms with Crippen molar-refractivity contribution in [2.45, 2.75) is 59.4 Å². The Bertz CT molecular complexity index is 475. The van der Waals surface area contributed by atoms with Crippen LogP contribution >= 0.6 is 0 Å². The van der Waals surface area contributed by atoms with Crippen LogP contribution in [-0.4, -0.2) is 57.2 Å². The van der Waals surface area contributed by atoms with E-state index in [9.17, 15) is 8.42 Å². The molecule has 0 spiro atoms. The van der Waals surface area contributed by atoms with E-state index in [0.717, 1.165) is 31.8 Å². The smallest absolute Gasteiger partial charge is 0.213 e. The van der Waals surface area contributed by atoms with Gasteiger partial charge in [-0.15, -0.1) is 0 Å². The molecule has 136 valence electrons. The molecule has 2 N–H and O–H groups in total. The minimum atomic E-state index is -3.05. The first-order chi connectivity index (χ1) is 10.7. The lowest BCUT2D eigenvalue weighted by Gasteiger charge is -2.32. The van der Waals surface area contributed by atoms with Gasteiger partial charge in [-0.3, -0.25) is 4.99 Å². The third-order valence-electron chi connectivity index (χ3n) is 4.17. The van der Waals surface area contributed by atoms with Crippen molar-refractivity contribution in [2.75, 3.05) is 32.4 Å². The summed E-state index contributed by atoms with van der Waals surface area (Å²) in [5.74, 6) is 0.998. The Labute approximate surface area is 142 Å². The molecule has 23 heavy (non-hydrogen) atoms. The van der Waals surface area contributed by atoms with E-state index in [1.165, 1.54) is 6.42 Å². The summed E-state index contributed by atoms with van der Waals surface area (Å²) in [4.78, 5) is 4.26. The van der Waals surface area contributed by atoms with Gasteiger partial charge in [0.2, 0.25) is 10.0 Å². The first-order valence-corrected chi connectivity index (χ1v) is 10.2. The van der Waals surface area contributed by atoms with Gasteiger partial charge >= 0.3 is 0 Å². The van der Waals surface area contributed by atoms with Gasteiger partial charge in [-0.2, -0.15) is 0 Å². The SMILES string of the molecule is CCS(=O)(=O)N1CCC(NC(=NC)NCCCC(C)(C)C)CC1. The highest BCUT2D eigenvalue weighted by Crippen LogP contribution is 2.19. The van der Waals surface area contributed by atoms with Crippen LogP contribution in [0.15, 0.2) is 4.99 Å². The Balaban J connectivity index is 2.33. The Morgan fingerprint density at radius 2 is 1.87 bits per heavy atom. The fourth-order valence-corrected chi connectivity index (χ4v) is 3.81. The average molecular weight is 347 g/mol. The number of sulfonamides is 1. The number of guanidine groups is 1. The van der Waals surface area contributed by atoms with E-state index in [4.69, 9.17) is 0 Å². The lowest BCUT2D eigenvalue weighted by molar-refractivity contribution is 0.306. The molecule has 0 amide bonds. The van der Waals surface area contributed by atoms with E-state index in [0.29, 0.717) is 18.5 Å². The molecule has 0 atom stereocenters. The van der Waals surface area contributed by atoms with Gasteiger partial charge < -0.3 is 10.6 Å². The number of hydrogen-bond acceptors (Lipinski definition) is 3. The Hall–Kier alpha value is -0.820. The van der Waals surface area contributed by atoms with Crippen molar-refractivity contribution in [1.29, 1.82) is 0 Å². The number of piperidine rings is 1. The second-order valence-electron chi connectivity index (χ2n) is 7.38. The predicted molar refractivity (Wildman–Crippen MR) is 97.2 cm³/mol. The van der Waals surface area contributed by atoms with Crippen LogP contribution in [0.5, 0.6) is 0 Å². The van der Waals surface area contributed by atoms with Crippen LogP contribution < -0.4 is 10.6 Å². The van der Waals surface area contributed by atoms with Crippen molar-refractivity contribution in [3.63, 3.8) is 0 Å². The van der Waals surface area contributed by atoms with Crippen molar-refractivity contribution < 1.29 is 8.42 Å². The molecule has 0 aromatic heterocycles. The second kappa shape index (κ2) is 8.87. The maximum Gasteiger partial charge on any atom is 0.213 e. The summed E-state index contributed by atoms with van der Waals surface area (Å²) >= 11 is 0. The molecule has 0 aromatic carbocycles. The summed E-state index contributed by atoms with van der Waals surface area (Å²) in [5, 5.41) is 6.76. The predicted octanol–water partition coefficient (Wildman–Crippen LogP) is 1.79. The Morgan fingerprint density at radius 1 is 1.26 bits per heavy atom. The standard InChI is InChI=1S/C16H34N4O2S/c1-6-23(21,22)20-12-8-14(9-13-20)19-15(17-5)18-11-7-10-16(2,3)4/h14H,6-13H2,1-5H3,(H2,17,18,19). The third kappa shape index (κ3) is 7.52. The quantitative estimate of drug-likeness (QED) is 0.437. The van der Waals surface area contributed by atoms with Crippen LogP contribution in [0.25, 0.3) is 0 Å². The molecule has 0 radical (unpaired) electrons. The van der Waals surface area contributed by atoms with Crippen LogP contribution in [-0.2, 0) is 10.0 Å². The fraction of sp³-hybridized carbons (Fsp3) is 0.938. The van der Waals surface area contributed by atoms with Crippen LogP contribution in [0.3, 0.4) is 0 Å². The van der Waals surface area contributed by atoms with Gasteiger partial charge in [-0.25, -0.2) is 12.7 Å². The topological polar surface area (TPSA) is 73.8 Å². The summed E-state index contributed by atoms with van der Waals surface area (Å²) in [7, 11) is -1.28. The number of rotatable bonds is 6. The molecule has 0 unspecified atom stereocenters. The summed E-state index contributed by atoms with van der Waals surface area (Å²) in [6, 6.07) is 0.284. The molecule has 0 saturated carbocycles. The molecule has 1 aliphatic rings. The van der Waals surface area contributed by atoms with E-state index >= 15 is 0 Å². The van der Waals surface area contributed by atoms with Gasteiger partial charge in [-0.05, 0) is 38.0 Å². The normalized spacial score (nSPS) is 18.9. The third-order valence-corrected chi connectivity index (χ3v) is 6.05. The Morgan fingerprint density at radius 3 is 2.35 bits per heavy atom. The maximum atomic E-state index is 11.9. The molecule has 1 rings (SSSR count). The number of aliphatic imine (C=N–C) groups is 1. The van der Waals surface area contributed by atoms with Crippen molar-refractivity contribution in [3.05, 3.63) is 0 Å². The molecular weight excluding hydrogens is 312 g/mol. The van der Waals surface area contributed by atoms with E-state index < -0.39 is 10.0 Å². The van der Waals surface area contributed by atoms with Crippen LogP contribution in [0.4, 0.5) is 0 Å². The second-order valence-corrected chi connectivity index (χ2v) is 9.64. The van der Waals surface area contributed by atoms with Crippen LogP contribution in [0.2, 0.25) is 0 Å². The van der Waals surface area contributed by atoms with Gasteiger partial charge in [0.1, 0.15) is 0 Å². The molecule has 6 nitrogen and oxygen atoms in total.